The van der Waals surface area contributed by atoms with Crippen molar-refractivity contribution >= 4 is 5.69 Å². The van der Waals surface area contributed by atoms with Gasteiger partial charge in [-0.15, -0.1) is 0 Å². The highest BCUT2D eigenvalue weighted by Gasteiger charge is 2.11. The molecule has 1 heterocycles. The second kappa shape index (κ2) is 6.45. The van der Waals surface area contributed by atoms with Gasteiger partial charge >= 0.3 is 0 Å². The van der Waals surface area contributed by atoms with Crippen molar-refractivity contribution in [1.82, 2.24) is 9.55 Å². The first-order valence-electron chi connectivity index (χ1n) is 6.68. The van der Waals surface area contributed by atoms with Crippen LogP contribution in [-0.4, -0.2) is 20.5 Å². The maximum Gasteiger partial charge on any atom is 0.272 e. The van der Waals surface area contributed by atoms with E-state index in [4.69, 9.17) is 5.73 Å². The molecule has 1 unspecified atom stereocenters. The number of aromatic nitrogens is 2. The molecule has 0 fully saturated rings. The maximum absolute atomic E-state index is 13.4. The Morgan fingerprint density at radius 3 is 2.90 bits per heavy atom. The number of non-ortho nitro benzene ring substituents is 1. The van der Waals surface area contributed by atoms with E-state index in [1.54, 1.807) is 10.9 Å². The summed E-state index contributed by atoms with van der Waals surface area (Å²) in [4.78, 5) is 14.4. The molecule has 0 aliphatic carbocycles. The van der Waals surface area contributed by atoms with Gasteiger partial charge in [-0.1, -0.05) is 6.92 Å². The van der Waals surface area contributed by atoms with E-state index in [-0.39, 0.29) is 11.7 Å². The molecule has 2 rings (SSSR count). The van der Waals surface area contributed by atoms with Crippen LogP contribution >= 0.6 is 0 Å². The van der Waals surface area contributed by atoms with Gasteiger partial charge in [0.2, 0.25) is 0 Å². The van der Waals surface area contributed by atoms with E-state index < -0.39 is 10.7 Å². The van der Waals surface area contributed by atoms with Crippen LogP contribution in [0.5, 0.6) is 0 Å². The molecule has 0 saturated carbocycles. The molecular formula is C14H17FN4O2. The molecule has 0 bridgehead atoms. The molecule has 0 radical (unpaired) electrons. The highest BCUT2D eigenvalue weighted by molar-refractivity contribution is 5.35. The number of hydrogen-bond donors (Lipinski definition) is 1. The van der Waals surface area contributed by atoms with Crippen LogP contribution in [0.4, 0.5) is 10.1 Å². The third-order valence-electron chi connectivity index (χ3n) is 3.20. The number of nitrogens with two attached hydrogens (primary N) is 1. The number of nitrogens with zero attached hydrogens (tertiary/aromatic N) is 3. The minimum atomic E-state index is -0.618. The molecule has 2 aromatic rings. The van der Waals surface area contributed by atoms with Crippen LogP contribution in [0.1, 0.15) is 24.6 Å². The topological polar surface area (TPSA) is 87.0 Å². The Labute approximate surface area is 121 Å². The normalized spacial score (nSPS) is 12.3. The second-order valence-corrected chi connectivity index (χ2v) is 4.98. The van der Waals surface area contributed by atoms with Gasteiger partial charge in [0.1, 0.15) is 5.82 Å². The maximum atomic E-state index is 13.4. The summed E-state index contributed by atoms with van der Waals surface area (Å²) in [6, 6.07) is 3.61. The van der Waals surface area contributed by atoms with Crippen molar-refractivity contribution in [2.24, 2.45) is 5.73 Å². The molecule has 0 saturated heterocycles. The number of halogens is 1. The molecule has 21 heavy (non-hydrogen) atoms. The third-order valence-corrected chi connectivity index (χ3v) is 3.20. The van der Waals surface area contributed by atoms with Gasteiger partial charge in [-0.3, -0.25) is 10.1 Å². The lowest BCUT2D eigenvalue weighted by atomic mass is 10.1. The first kappa shape index (κ1) is 15.1. The van der Waals surface area contributed by atoms with Gasteiger partial charge < -0.3 is 10.3 Å². The predicted molar refractivity (Wildman–Crippen MR) is 76.4 cm³/mol. The number of rotatable bonds is 6. The van der Waals surface area contributed by atoms with Crippen LogP contribution in [0.2, 0.25) is 0 Å². The molecule has 2 N–H and O–H groups in total. The quantitative estimate of drug-likeness (QED) is 0.653. The third kappa shape index (κ3) is 4.09. The van der Waals surface area contributed by atoms with Gasteiger partial charge in [0.05, 0.1) is 23.0 Å². The lowest BCUT2D eigenvalue weighted by Gasteiger charge is -2.05. The molecule has 0 spiro atoms. The largest absolute Gasteiger partial charge is 0.333 e. The molecule has 7 heteroatoms. The van der Waals surface area contributed by atoms with Crippen molar-refractivity contribution in [3.63, 3.8) is 0 Å². The highest BCUT2D eigenvalue weighted by Crippen LogP contribution is 2.17. The molecule has 112 valence electrons. The van der Waals surface area contributed by atoms with Crippen molar-refractivity contribution in [1.29, 1.82) is 0 Å². The zero-order valence-electron chi connectivity index (χ0n) is 11.7. The van der Waals surface area contributed by atoms with Gasteiger partial charge in [0.25, 0.3) is 5.69 Å². The molecule has 0 aliphatic heterocycles. The molecule has 1 aromatic heterocycles. The Balaban J connectivity index is 2.13. The Morgan fingerprint density at radius 2 is 2.24 bits per heavy atom. The SMILES string of the molecule is CCC(N)Cc1cn(Cc2cc(F)cc([N+](=O)[O-])c2)cn1. The van der Waals surface area contributed by atoms with E-state index in [1.165, 1.54) is 12.1 Å². The fourth-order valence-electron chi connectivity index (χ4n) is 2.05. The average molecular weight is 292 g/mol. The fourth-order valence-corrected chi connectivity index (χ4v) is 2.05. The molecule has 6 nitrogen and oxygen atoms in total. The van der Waals surface area contributed by atoms with Gasteiger partial charge in [0.15, 0.2) is 0 Å². The van der Waals surface area contributed by atoms with Gasteiger partial charge in [-0.25, -0.2) is 9.37 Å². The lowest BCUT2D eigenvalue weighted by molar-refractivity contribution is -0.385. The first-order chi connectivity index (χ1) is 9.97. The smallest absolute Gasteiger partial charge is 0.272 e. The van der Waals surface area contributed by atoms with Gasteiger partial charge in [-0.05, 0) is 18.1 Å². The van der Waals surface area contributed by atoms with Crippen LogP contribution in [0.25, 0.3) is 0 Å². The summed E-state index contributed by atoms with van der Waals surface area (Å²) in [5.41, 5.74) is 6.99. The zero-order chi connectivity index (χ0) is 15.4. The summed E-state index contributed by atoms with van der Waals surface area (Å²) in [6.45, 7) is 2.33. The Hall–Kier alpha value is -2.28. The molecule has 0 amide bonds. The van der Waals surface area contributed by atoms with E-state index in [0.717, 1.165) is 18.2 Å². The lowest BCUT2D eigenvalue weighted by Crippen LogP contribution is -2.21. The molecular weight excluding hydrogens is 275 g/mol. The number of imidazole rings is 1. The van der Waals surface area contributed by atoms with Crippen LogP contribution in [0.15, 0.2) is 30.7 Å². The van der Waals surface area contributed by atoms with Crippen LogP contribution < -0.4 is 5.73 Å². The summed E-state index contributed by atoms with van der Waals surface area (Å²) in [5, 5.41) is 10.7. The number of benzene rings is 1. The standard InChI is InChI=1S/C14H17FN4O2/c1-2-12(16)6-13-8-18(9-17-13)7-10-3-11(15)5-14(4-10)19(20)21/h3-5,8-9,12H,2,6-7,16H2,1H3. The fraction of sp³-hybridized carbons (Fsp3) is 0.357. The van der Waals surface area contributed by atoms with Crippen molar-refractivity contribution in [2.75, 3.05) is 0 Å². The molecule has 1 atom stereocenters. The van der Waals surface area contributed by atoms with Crippen molar-refractivity contribution in [3.05, 3.63) is 57.9 Å². The Morgan fingerprint density at radius 1 is 1.48 bits per heavy atom. The van der Waals surface area contributed by atoms with Gasteiger partial charge in [0, 0.05) is 31.3 Å². The van der Waals surface area contributed by atoms with Crippen LogP contribution in [-0.2, 0) is 13.0 Å². The highest BCUT2D eigenvalue weighted by atomic mass is 19.1. The summed E-state index contributed by atoms with van der Waals surface area (Å²) >= 11 is 0. The van der Waals surface area contributed by atoms with E-state index in [2.05, 4.69) is 4.98 Å². The Bertz CT molecular complexity index is 642. The number of nitro benzene ring substituents is 1. The van der Waals surface area contributed by atoms with Crippen molar-refractivity contribution < 1.29 is 9.31 Å². The van der Waals surface area contributed by atoms with E-state index in [9.17, 15) is 14.5 Å². The Kier molecular flexibility index (Phi) is 4.64. The summed E-state index contributed by atoms with van der Waals surface area (Å²) in [7, 11) is 0. The first-order valence-corrected chi connectivity index (χ1v) is 6.68. The van der Waals surface area contributed by atoms with E-state index in [0.29, 0.717) is 18.5 Å². The summed E-state index contributed by atoms with van der Waals surface area (Å²) in [6.07, 6.45) is 4.98. The average Bonchev–Trinajstić information content (AvgIpc) is 2.85. The van der Waals surface area contributed by atoms with E-state index in [1.807, 2.05) is 13.1 Å². The van der Waals surface area contributed by atoms with Crippen molar-refractivity contribution in [2.45, 2.75) is 32.4 Å². The van der Waals surface area contributed by atoms with Crippen LogP contribution in [0, 0.1) is 15.9 Å². The van der Waals surface area contributed by atoms with Crippen LogP contribution in [0.3, 0.4) is 0 Å². The monoisotopic (exact) mass is 292 g/mol. The molecule has 1 aromatic carbocycles. The number of hydrogen-bond acceptors (Lipinski definition) is 4. The summed E-state index contributed by atoms with van der Waals surface area (Å²) < 4.78 is 15.1. The molecule has 0 aliphatic rings. The zero-order valence-corrected chi connectivity index (χ0v) is 11.7. The van der Waals surface area contributed by atoms with E-state index >= 15 is 0 Å². The summed E-state index contributed by atoms with van der Waals surface area (Å²) in [5.74, 6) is -0.618. The minimum absolute atomic E-state index is 0.0589. The second-order valence-electron chi connectivity index (χ2n) is 4.98. The number of nitro groups is 1. The predicted octanol–water partition coefficient (Wildman–Crippen LogP) is 2.26. The minimum Gasteiger partial charge on any atom is -0.333 e. The van der Waals surface area contributed by atoms with Gasteiger partial charge in [-0.2, -0.15) is 0 Å². The van der Waals surface area contributed by atoms with Crippen molar-refractivity contribution in [3.8, 4) is 0 Å².